The summed E-state index contributed by atoms with van der Waals surface area (Å²) >= 11 is 0. The van der Waals surface area contributed by atoms with E-state index in [1.54, 1.807) is 63.2 Å². The summed E-state index contributed by atoms with van der Waals surface area (Å²) in [5.74, 6) is 0.586. The molecule has 0 radical (unpaired) electrons. The highest BCUT2D eigenvalue weighted by molar-refractivity contribution is 5.72. The molecule has 0 aliphatic rings. The predicted molar refractivity (Wildman–Crippen MR) is 93.7 cm³/mol. The van der Waals surface area contributed by atoms with Crippen LogP contribution in [0.4, 0.5) is 4.79 Å². The first-order valence-electron chi connectivity index (χ1n) is 8.07. The Balaban J connectivity index is 1.86. The molecule has 0 saturated carbocycles. The molecule has 0 N–H and O–H groups in total. The second-order valence-corrected chi connectivity index (χ2v) is 6.50. The van der Waals surface area contributed by atoms with Crippen LogP contribution in [0.15, 0.2) is 54.6 Å². The predicted octanol–water partition coefficient (Wildman–Crippen LogP) is 4.54. The van der Waals surface area contributed by atoms with Gasteiger partial charge in [0.05, 0.1) is 0 Å². The van der Waals surface area contributed by atoms with E-state index < -0.39 is 11.8 Å². The highest BCUT2D eigenvalue weighted by atomic mass is 16.7. The van der Waals surface area contributed by atoms with Gasteiger partial charge >= 0.3 is 12.1 Å². The van der Waals surface area contributed by atoms with Gasteiger partial charge in [-0.2, -0.15) is 0 Å². The lowest BCUT2D eigenvalue weighted by molar-refractivity contribution is -0.134. The molecule has 0 amide bonds. The van der Waals surface area contributed by atoms with Gasteiger partial charge in [0, 0.05) is 6.42 Å². The third-order valence-corrected chi connectivity index (χ3v) is 3.08. The average Bonchev–Trinajstić information content (AvgIpc) is 2.52. The monoisotopic (exact) mass is 342 g/mol. The van der Waals surface area contributed by atoms with Gasteiger partial charge in [0.1, 0.15) is 17.1 Å². The lowest BCUT2D eigenvalue weighted by Gasteiger charge is -2.18. The molecule has 0 aromatic heterocycles. The summed E-state index contributed by atoms with van der Waals surface area (Å²) in [7, 11) is 0. The summed E-state index contributed by atoms with van der Waals surface area (Å²) in [6, 6.07) is 15.9. The zero-order valence-corrected chi connectivity index (χ0v) is 14.7. The Labute approximate surface area is 147 Å². The molecule has 2 rings (SSSR count). The van der Waals surface area contributed by atoms with Crippen LogP contribution < -0.4 is 9.47 Å². The quantitative estimate of drug-likeness (QED) is 0.453. The Kier molecular flexibility index (Phi) is 6.17. The van der Waals surface area contributed by atoms with E-state index in [2.05, 4.69) is 0 Å². The third kappa shape index (κ3) is 7.08. The molecule has 25 heavy (non-hydrogen) atoms. The van der Waals surface area contributed by atoms with Crippen LogP contribution in [0.1, 0.15) is 32.8 Å². The number of rotatable bonds is 5. The fraction of sp³-hybridized carbons (Fsp3) is 0.300. The Bertz CT molecular complexity index is 716. The summed E-state index contributed by atoms with van der Waals surface area (Å²) in [6.07, 6.45) is -0.0461. The molecule has 2 aromatic carbocycles. The van der Waals surface area contributed by atoms with Crippen molar-refractivity contribution in [2.45, 2.75) is 39.2 Å². The van der Waals surface area contributed by atoms with Crippen molar-refractivity contribution in [3.05, 3.63) is 60.2 Å². The molecule has 0 unspecified atom stereocenters. The Hall–Kier alpha value is -2.82. The highest BCUT2D eigenvalue weighted by Gasteiger charge is 2.18. The topological polar surface area (TPSA) is 61.8 Å². The largest absolute Gasteiger partial charge is 0.514 e. The minimum atomic E-state index is -0.756. The van der Waals surface area contributed by atoms with Gasteiger partial charge in [-0.3, -0.25) is 4.79 Å². The van der Waals surface area contributed by atoms with E-state index in [1.165, 1.54) is 0 Å². The molecule has 0 saturated heterocycles. The number of aryl methyl sites for hydroxylation is 1. The maximum absolute atomic E-state index is 11.9. The first kappa shape index (κ1) is 18.5. The van der Waals surface area contributed by atoms with Crippen LogP contribution in [0, 0.1) is 0 Å². The molecular formula is C20H22O5. The van der Waals surface area contributed by atoms with Crippen LogP contribution in [0.3, 0.4) is 0 Å². The van der Waals surface area contributed by atoms with Crippen LogP contribution in [0.25, 0.3) is 0 Å². The molecule has 0 fully saturated rings. The van der Waals surface area contributed by atoms with Gasteiger partial charge < -0.3 is 14.2 Å². The van der Waals surface area contributed by atoms with Gasteiger partial charge in [0.25, 0.3) is 0 Å². The van der Waals surface area contributed by atoms with Gasteiger partial charge in [0.15, 0.2) is 0 Å². The summed E-state index contributed by atoms with van der Waals surface area (Å²) in [5.41, 5.74) is 0.252. The van der Waals surface area contributed by atoms with Crippen molar-refractivity contribution in [1.29, 1.82) is 0 Å². The van der Waals surface area contributed by atoms with Crippen molar-refractivity contribution in [2.24, 2.45) is 0 Å². The van der Waals surface area contributed by atoms with E-state index in [0.29, 0.717) is 17.9 Å². The maximum Gasteiger partial charge on any atom is 0.514 e. The van der Waals surface area contributed by atoms with Gasteiger partial charge in [-0.05, 0) is 57.0 Å². The molecule has 0 aliphatic heterocycles. The minimum absolute atomic E-state index is 0.227. The molecule has 0 bridgehead atoms. The normalized spacial score (nSPS) is 10.8. The fourth-order valence-corrected chi connectivity index (χ4v) is 2.05. The van der Waals surface area contributed by atoms with Gasteiger partial charge in [0.2, 0.25) is 0 Å². The first-order valence-corrected chi connectivity index (χ1v) is 8.07. The Morgan fingerprint density at radius 1 is 0.880 bits per heavy atom. The number of ether oxygens (including phenoxy) is 3. The molecule has 0 atom stereocenters. The van der Waals surface area contributed by atoms with Crippen LogP contribution in [-0.2, 0) is 16.0 Å². The van der Waals surface area contributed by atoms with E-state index in [4.69, 9.17) is 14.2 Å². The van der Waals surface area contributed by atoms with Crippen molar-refractivity contribution in [3.8, 4) is 11.5 Å². The van der Waals surface area contributed by atoms with E-state index in [9.17, 15) is 9.59 Å². The molecule has 0 spiro atoms. The smallest absolute Gasteiger partial charge is 0.428 e. The second kappa shape index (κ2) is 8.33. The van der Waals surface area contributed by atoms with Crippen LogP contribution in [0.5, 0.6) is 11.5 Å². The Morgan fingerprint density at radius 3 is 2.24 bits per heavy atom. The summed E-state index contributed by atoms with van der Waals surface area (Å²) in [4.78, 5) is 23.6. The van der Waals surface area contributed by atoms with Gasteiger partial charge in [-0.25, -0.2) is 4.79 Å². The van der Waals surface area contributed by atoms with E-state index >= 15 is 0 Å². The molecule has 132 valence electrons. The number of esters is 1. The third-order valence-electron chi connectivity index (χ3n) is 3.08. The van der Waals surface area contributed by atoms with Crippen molar-refractivity contribution >= 4 is 12.1 Å². The molecule has 5 heteroatoms. The molecular weight excluding hydrogens is 320 g/mol. The molecule has 0 heterocycles. The van der Waals surface area contributed by atoms with Gasteiger partial charge in [-0.15, -0.1) is 0 Å². The van der Waals surface area contributed by atoms with Crippen molar-refractivity contribution in [3.63, 3.8) is 0 Å². The summed E-state index contributed by atoms with van der Waals surface area (Å²) in [5, 5.41) is 0. The van der Waals surface area contributed by atoms with Crippen molar-refractivity contribution in [1.82, 2.24) is 0 Å². The Morgan fingerprint density at radius 2 is 1.56 bits per heavy atom. The van der Waals surface area contributed by atoms with Crippen LogP contribution in [-0.4, -0.2) is 17.7 Å². The van der Waals surface area contributed by atoms with E-state index in [-0.39, 0.29) is 12.4 Å². The minimum Gasteiger partial charge on any atom is -0.428 e. The summed E-state index contributed by atoms with van der Waals surface area (Å²) in [6.45, 7) is 5.30. The number of para-hydroxylation sites is 1. The number of hydrogen-bond donors (Lipinski definition) is 0. The average molecular weight is 342 g/mol. The zero-order valence-electron chi connectivity index (χ0n) is 14.7. The van der Waals surface area contributed by atoms with Crippen molar-refractivity contribution < 1.29 is 23.8 Å². The number of carbonyl (C=O) groups is 2. The lowest BCUT2D eigenvalue weighted by atomic mass is 10.1. The standard InChI is InChI=1S/C20H22O5/c1-20(2,3)25-19(22)24-17-11-7-8-15(14-17)12-13-18(21)23-16-9-5-4-6-10-16/h4-11,14H,12-13H2,1-3H3. The second-order valence-electron chi connectivity index (χ2n) is 6.50. The van der Waals surface area contributed by atoms with E-state index in [1.807, 2.05) is 12.1 Å². The van der Waals surface area contributed by atoms with Crippen LogP contribution >= 0.6 is 0 Å². The fourth-order valence-electron chi connectivity index (χ4n) is 2.05. The maximum atomic E-state index is 11.9. The first-order chi connectivity index (χ1) is 11.8. The van der Waals surface area contributed by atoms with E-state index in [0.717, 1.165) is 5.56 Å². The van der Waals surface area contributed by atoms with Gasteiger partial charge in [-0.1, -0.05) is 30.3 Å². The highest BCUT2D eigenvalue weighted by Crippen LogP contribution is 2.18. The number of hydrogen-bond acceptors (Lipinski definition) is 5. The SMILES string of the molecule is CC(C)(C)OC(=O)Oc1cccc(CCC(=O)Oc2ccccc2)c1. The number of carbonyl (C=O) groups excluding carboxylic acids is 2. The molecule has 0 aliphatic carbocycles. The lowest BCUT2D eigenvalue weighted by Crippen LogP contribution is -2.26. The molecule has 5 nitrogen and oxygen atoms in total. The summed E-state index contributed by atoms with van der Waals surface area (Å²) < 4.78 is 15.5. The molecule has 2 aromatic rings. The van der Waals surface area contributed by atoms with Crippen LogP contribution in [0.2, 0.25) is 0 Å². The zero-order chi connectivity index (χ0) is 18.3. The number of benzene rings is 2. The van der Waals surface area contributed by atoms with Crippen molar-refractivity contribution in [2.75, 3.05) is 0 Å².